The average molecular weight is 388 g/mol. The lowest BCUT2D eigenvalue weighted by Gasteiger charge is -2.40. The van der Waals surface area contributed by atoms with Crippen LogP contribution in [0.4, 0.5) is 0 Å². The van der Waals surface area contributed by atoms with Gasteiger partial charge < -0.3 is 24.8 Å². The van der Waals surface area contributed by atoms with Gasteiger partial charge >= 0.3 is 5.97 Å². The van der Waals surface area contributed by atoms with Crippen molar-refractivity contribution in [2.24, 2.45) is 5.92 Å². The molecule has 4 N–H and O–H groups in total. The highest BCUT2D eigenvalue weighted by Crippen LogP contribution is 2.45. The number of esters is 1. The number of ether oxygens (including phenoxy) is 2. The molecule has 1 heterocycles. The Kier molecular flexibility index (Phi) is 5.33. The van der Waals surface area contributed by atoms with Gasteiger partial charge in [0.2, 0.25) is 0 Å². The number of fused-ring (bicyclic) bond motifs is 1. The van der Waals surface area contributed by atoms with Crippen LogP contribution in [0.2, 0.25) is 0 Å². The van der Waals surface area contributed by atoms with E-state index >= 15 is 0 Å². The summed E-state index contributed by atoms with van der Waals surface area (Å²) < 4.78 is 10.7. The van der Waals surface area contributed by atoms with Gasteiger partial charge in [-0.15, -0.1) is 0 Å². The summed E-state index contributed by atoms with van der Waals surface area (Å²) in [4.78, 5) is 25.3. The number of rotatable bonds is 6. The van der Waals surface area contributed by atoms with Gasteiger partial charge in [0, 0.05) is 23.6 Å². The van der Waals surface area contributed by atoms with Crippen molar-refractivity contribution in [1.82, 2.24) is 10.2 Å². The maximum Gasteiger partial charge on any atom is 0.313 e. The van der Waals surface area contributed by atoms with Crippen LogP contribution in [0.3, 0.4) is 0 Å². The number of aliphatic hydroxyl groups is 1. The van der Waals surface area contributed by atoms with E-state index in [0.29, 0.717) is 23.4 Å². The number of carbonyl (C=O) groups is 1. The Morgan fingerprint density at radius 1 is 1.43 bits per heavy atom. The highest BCUT2D eigenvalue weighted by molar-refractivity contribution is 5.77. The van der Waals surface area contributed by atoms with Gasteiger partial charge in [-0.2, -0.15) is 0 Å². The van der Waals surface area contributed by atoms with Crippen molar-refractivity contribution in [3.63, 3.8) is 0 Å². The zero-order valence-electron chi connectivity index (χ0n) is 15.8. The number of benzene rings is 1. The number of aromatic nitrogens is 2. The zero-order valence-corrected chi connectivity index (χ0v) is 15.8. The minimum atomic E-state index is -1.47. The van der Waals surface area contributed by atoms with Crippen molar-refractivity contribution < 1.29 is 24.5 Å². The Balaban J connectivity index is 2.18. The summed E-state index contributed by atoms with van der Waals surface area (Å²) in [7, 11) is 0. The van der Waals surface area contributed by atoms with E-state index in [1.54, 1.807) is 19.1 Å². The van der Waals surface area contributed by atoms with E-state index in [9.17, 15) is 19.8 Å². The van der Waals surface area contributed by atoms with E-state index in [2.05, 4.69) is 16.8 Å². The van der Waals surface area contributed by atoms with E-state index in [1.165, 1.54) is 19.1 Å². The third kappa shape index (κ3) is 3.43. The molecular weight excluding hydrogens is 364 g/mol. The first-order valence-electron chi connectivity index (χ1n) is 9.05. The molecule has 0 saturated heterocycles. The molecular formula is C20H24N2O6. The molecule has 150 valence electrons. The van der Waals surface area contributed by atoms with Crippen LogP contribution < -0.4 is 10.3 Å². The number of aromatic amines is 2. The number of aromatic hydroxyl groups is 1. The fourth-order valence-electron chi connectivity index (χ4n) is 3.84. The van der Waals surface area contributed by atoms with E-state index in [1.807, 2.05) is 0 Å². The maximum absolute atomic E-state index is 12.8. The van der Waals surface area contributed by atoms with Crippen LogP contribution in [0.1, 0.15) is 36.6 Å². The first kappa shape index (κ1) is 19.8. The van der Waals surface area contributed by atoms with Crippen molar-refractivity contribution in [3.8, 4) is 11.5 Å². The van der Waals surface area contributed by atoms with Crippen molar-refractivity contribution >= 4 is 5.97 Å². The zero-order chi connectivity index (χ0) is 20.5. The lowest BCUT2D eigenvalue weighted by Crippen LogP contribution is -2.50. The molecule has 0 unspecified atom stereocenters. The summed E-state index contributed by atoms with van der Waals surface area (Å²) in [6.45, 7) is 7.18. The van der Waals surface area contributed by atoms with Gasteiger partial charge in [0.05, 0.1) is 18.1 Å². The van der Waals surface area contributed by atoms with E-state index in [4.69, 9.17) is 9.47 Å². The standard InChI is InChI=1S/C20H24N2O6/c1-4-8-28-19(25)17-15(11-6-7-13(23)14(9-11)27-5-2)16-12(10-20(17,3)26)21-22-18(16)24/h4,6-7,9,15,17,23,26H,1,5,8,10H2,2-3H3,(H2,21,22,24)/t15-,17-,20+/m0/s1. The minimum Gasteiger partial charge on any atom is -0.504 e. The van der Waals surface area contributed by atoms with Gasteiger partial charge in [-0.1, -0.05) is 18.7 Å². The summed E-state index contributed by atoms with van der Waals surface area (Å²) in [5.41, 5.74) is -0.403. The maximum atomic E-state index is 12.8. The van der Waals surface area contributed by atoms with Crippen molar-refractivity contribution in [2.75, 3.05) is 13.2 Å². The number of phenolic OH excluding ortho intramolecular Hbond substituents is 1. The highest BCUT2D eigenvalue weighted by Gasteiger charge is 2.51. The molecule has 0 fully saturated rings. The van der Waals surface area contributed by atoms with Crippen molar-refractivity contribution in [3.05, 3.63) is 58.0 Å². The van der Waals surface area contributed by atoms with Gasteiger partial charge in [0.1, 0.15) is 6.61 Å². The molecule has 2 aromatic rings. The molecule has 0 saturated carbocycles. The van der Waals surface area contributed by atoms with Crippen LogP contribution in [0.15, 0.2) is 35.6 Å². The molecule has 0 amide bonds. The van der Waals surface area contributed by atoms with Crippen LogP contribution in [0.5, 0.6) is 11.5 Å². The quantitative estimate of drug-likeness (QED) is 0.440. The molecule has 3 rings (SSSR count). The highest BCUT2D eigenvalue weighted by atomic mass is 16.5. The normalized spacial score (nSPS) is 23.7. The molecule has 1 aromatic heterocycles. The summed E-state index contributed by atoms with van der Waals surface area (Å²) in [6, 6.07) is 4.62. The third-order valence-electron chi connectivity index (χ3n) is 4.99. The van der Waals surface area contributed by atoms with Crippen LogP contribution in [-0.4, -0.2) is 45.2 Å². The first-order chi connectivity index (χ1) is 13.3. The van der Waals surface area contributed by atoms with E-state index in [-0.39, 0.29) is 30.1 Å². The molecule has 1 aliphatic rings. The second kappa shape index (κ2) is 7.55. The predicted molar refractivity (Wildman–Crippen MR) is 102 cm³/mol. The predicted octanol–water partition coefficient (Wildman–Crippen LogP) is 1.59. The summed E-state index contributed by atoms with van der Waals surface area (Å²) in [5.74, 6) is -2.27. The van der Waals surface area contributed by atoms with Gasteiger partial charge in [-0.3, -0.25) is 14.7 Å². The van der Waals surface area contributed by atoms with Gasteiger partial charge in [0.15, 0.2) is 11.5 Å². The largest absolute Gasteiger partial charge is 0.504 e. The van der Waals surface area contributed by atoms with E-state index in [0.717, 1.165) is 0 Å². The number of nitrogens with one attached hydrogen (secondary N) is 2. The summed E-state index contributed by atoms with van der Waals surface area (Å²) >= 11 is 0. The average Bonchev–Trinajstić information content (AvgIpc) is 2.99. The van der Waals surface area contributed by atoms with Crippen LogP contribution in [-0.2, 0) is 16.0 Å². The number of carbonyl (C=O) groups excluding carboxylic acids is 1. The van der Waals surface area contributed by atoms with Crippen LogP contribution in [0.25, 0.3) is 0 Å². The van der Waals surface area contributed by atoms with Gasteiger partial charge in [-0.05, 0) is 31.5 Å². The molecule has 1 aromatic carbocycles. The van der Waals surface area contributed by atoms with E-state index < -0.39 is 23.4 Å². The van der Waals surface area contributed by atoms with Crippen molar-refractivity contribution in [1.29, 1.82) is 0 Å². The topological polar surface area (TPSA) is 125 Å². The monoisotopic (exact) mass is 388 g/mol. The molecule has 8 heteroatoms. The lowest BCUT2D eigenvalue weighted by atomic mass is 9.66. The molecule has 1 aliphatic carbocycles. The molecule has 0 spiro atoms. The minimum absolute atomic E-state index is 0.00570. The summed E-state index contributed by atoms with van der Waals surface area (Å²) in [6.07, 6.45) is 1.52. The lowest BCUT2D eigenvalue weighted by molar-refractivity contribution is -0.158. The Hall–Kier alpha value is -3.00. The van der Waals surface area contributed by atoms with Crippen LogP contribution in [0, 0.1) is 5.92 Å². The Morgan fingerprint density at radius 3 is 2.86 bits per heavy atom. The van der Waals surface area contributed by atoms with Crippen LogP contribution >= 0.6 is 0 Å². The fourth-order valence-corrected chi connectivity index (χ4v) is 3.84. The molecule has 0 aliphatic heterocycles. The first-order valence-corrected chi connectivity index (χ1v) is 9.05. The van der Waals surface area contributed by atoms with Crippen molar-refractivity contribution in [2.45, 2.75) is 31.8 Å². The number of phenols is 1. The molecule has 0 bridgehead atoms. The number of hydrogen-bond donors (Lipinski definition) is 4. The van der Waals surface area contributed by atoms with Gasteiger partial charge in [0.25, 0.3) is 5.56 Å². The number of hydrogen-bond acceptors (Lipinski definition) is 6. The Bertz CT molecular complexity index is 942. The molecule has 3 atom stereocenters. The SMILES string of the molecule is C=CCOC(=O)[C@@H]1[C@@H](c2ccc(O)c(OCC)c2)c2c([nH][nH]c2=O)C[C@@]1(C)O. The number of H-pyrrole nitrogens is 2. The Labute approximate surface area is 161 Å². The smallest absolute Gasteiger partial charge is 0.313 e. The second-order valence-corrected chi connectivity index (χ2v) is 7.04. The third-order valence-corrected chi connectivity index (χ3v) is 4.99. The Morgan fingerprint density at radius 2 is 2.18 bits per heavy atom. The summed E-state index contributed by atoms with van der Waals surface area (Å²) in [5, 5.41) is 26.4. The molecule has 28 heavy (non-hydrogen) atoms. The molecule has 0 radical (unpaired) electrons. The molecule has 8 nitrogen and oxygen atoms in total. The van der Waals surface area contributed by atoms with Gasteiger partial charge in [-0.25, -0.2) is 0 Å². The fraction of sp³-hybridized carbons (Fsp3) is 0.400. The second-order valence-electron chi connectivity index (χ2n) is 7.04.